The molecule has 0 spiro atoms. The van der Waals surface area contributed by atoms with Gasteiger partial charge in [-0.15, -0.1) is 24.8 Å². The van der Waals surface area contributed by atoms with Gasteiger partial charge in [0.15, 0.2) is 0 Å². The highest BCUT2D eigenvalue weighted by molar-refractivity contribution is 5.85. The second kappa shape index (κ2) is 7.99. The van der Waals surface area contributed by atoms with Crippen LogP contribution in [0.4, 0.5) is 0 Å². The molecule has 21 heavy (non-hydrogen) atoms. The quantitative estimate of drug-likeness (QED) is 0.862. The SMILES string of the molecule is Cl.Cl.N[C@@H](C(=O)O[C@H]1CN2CCC1CC2)c1ccccc1. The summed E-state index contributed by atoms with van der Waals surface area (Å²) in [5, 5.41) is 0. The number of nitrogens with zero attached hydrogens (tertiary/aromatic N) is 1. The average molecular weight is 333 g/mol. The van der Waals surface area contributed by atoms with Crippen LogP contribution in [-0.2, 0) is 9.53 Å². The first-order valence-electron chi connectivity index (χ1n) is 6.97. The summed E-state index contributed by atoms with van der Waals surface area (Å²) in [5.41, 5.74) is 6.78. The van der Waals surface area contributed by atoms with Crippen LogP contribution in [0.25, 0.3) is 0 Å². The summed E-state index contributed by atoms with van der Waals surface area (Å²) in [6.45, 7) is 3.16. The van der Waals surface area contributed by atoms with E-state index in [0.717, 1.165) is 38.0 Å². The van der Waals surface area contributed by atoms with Gasteiger partial charge in [0.2, 0.25) is 0 Å². The molecule has 4 nitrogen and oxygen atoms in total. The molecule has 0 saturated carbocycles. The minimum absolute atomic E-state index is 0. The standard InChI is InChI=1S/C15H20N2O2.2ClH/c16-14(12-4-2-1-3-5-12)15(18)19-13-10-17-8-6-11(13)7-9-17;;/h1-5,11,13-14H,6-10,16H2;2*1H/t13-,14+;;/m0../s1. The molecule has 0 radical (unpaired) electrons. The van der Waals surface area contributed by atoms with E-state index >= 15 is 0 Å². The molecule has 3 fully saturated rings. The summed E-state index contributed by atoms with van der Waals surface area (Å²) in [5.74, 6) is 0.224. The predicted molar refractivity (Wildman–Crippen MR) is 86.9 cm³/mol. The molecule has 2 N–H and O–H groups in total. The first kappa shape index (κ1) is 18.2. The number of halogens is 2. The van der Waals surface area contributed by atoms with Crippen molar-refractivity contribution in [2.45, 2.75) is 25.0 Å². The van der Waals surface area contributed by atoms with E-state index in [1.165, 1.54) is 0 Å². The van der Waals surface area contributed by atoms with Crippen LogP contribution >= 0.6 is 24.8 Å². The Balaban J connectivity index is 0.00000110. The van der Waals surface area contributed by atoms with Gasteiger partial charge < -0.3 is 10.5 Å². The smallest absolute Gasteiger partial charge is 0.327 e. The highest BCUT2D eigenvalue weighted by Gasteiger charge is 2.37. The summed E-state index contributed by atoms with van der Waals surface area (Å²) in [7, 11) is 0. The Morgan fingerprint density at radius 2 is 1.81 bits per heavy atom. The third-order valence-corrected chi connectivity index (χ3v) is 4.28. The Hall–Kier alpha value is -0.810. The molecule has 0 unspecified atom stereocenters. The minimum Gasteiger partial charge on any atom is -0.459 e. The molecule has 0 amide bonds. The second-order valence-electron chi connectivity index (χ2n) is 5.50. The van der Waals surface area contributed by atoms with Crippen LogP contribution in [0, 0.1) is 5.92 Å². The first-order valence-corrected chi connectivity index (χ1v) is 6.97. The number of hydrogen-bond acceptors (Lipinski definition) is 4. The van der Waals surface area contributed by atoms with Gasteiger partial charge in [-0.3, -0.25) is 4.90 Å². The van der Waals surface area contributed by atoms with Gasteiger partial charge in [0.1, 0.15) is 12.1 Å². The first-order chi connectivity index (χ1) is 9.24. The normalized spacial score (nSPS) is 28.0. The minimum atomic E-state index is -0.670. The molecule has 118 valence electrons. The van der Waals surface area contributed by atoms with Gasteiger partial charge in [0.05, 0.1) is 0 Å². The van der Waals surface area contributed by atoms with Crippen molar-refractivity contribution in [3.63, 3.8) is 0 Å². The number of nitrogens with two attached hydrogens (primary N) is 1. The Morgan fingerprint density at radius 3 is 2.33 bits per heavy atom. The molecule has 2 atom stereocenters. The van der Waals surface area contributed by atoms with E-state index in [9.17, 15) is 4.79 Å². The molecule has 6 heteroatoms. The van der Waals surface area contributed by atoms with Crippen LogP contribution < -0.4 is 5.73 Å². The van der Waals surface area contributed by atoms with E-state index in [2.05, 4.69) is 4.90 Å². The number of carbonyl (C=O) groups is 1. The number of ether oxygens (including phenoxy) is 1. The monoisotopic (exact) mass is 332 g/mol. The van der Waals surface area contributed by atoms with E-state index in [-0.39, 0.29) is 36.9 Å². The van der Waals surface area contributed by atoms with E-state index in [1.807, 2.05) is 30.3 Å². The van der Waals surface area contributed by atoms with Gasteiger partial charge in [-0.25, -0.2) is 4.79 Å². The molecule has 3 heterocycles. The Bertz CT molecular complexity index is 450. The third kappa shape index (κ3) is 4.10. The van der Waals surface area contributed by atoms with E-state index < -0.39 is 6.04 Å². The lowest BCUT2D eigenvalue weighted by atomic mass is 9.86. The zero-order valence-electron chi connectivity index (χ0n) is 11.8. The molecule has 3 aliphatic rings. The zero-order chi connectivity index (χ0) is 13.2. The number of hydrogen-bond donors (Lipinski definition) is 1. The van der Waals surface area contributed by atoms with Crippen LogP contribution in [-0.4, -0.2) is 36.6 Å². The van der Waals surface area contributed by atoms with Crippen molar-refractivity contribution in [3.05, 3.63) is 35.9 Å². The summed E-state index contributed by atoms with van der Waals surface area (Å²) < 4.78 is 5.64. The summed E-state index contributed by atoms with van der Waals surface area (Å²) in [6, 6.07) is 8.74. The van der Waals surface area contributed by atoms with Gasteiger partial charge in [-0.05, 0) is 37.4 Å². The molecule has 3 saturated heterocycles. The second-order valence-corrected chi connectivity index (χ2v) is 5.50. The van der Waals surface area contributed by atoms with Crippen LogP contribution in [0.15, 0.2) is 30.3 Å². The molecular formula is C15H22Cl2N2O2. The number of benzene rings is 1. The molecule has 3 aliphatic heterocycles. The van der Waals surface area contributed by atoms with Crippen molar-refractivity contribution in [2.75, 3.05) is 19.6 Å². The molecule has 0 aliphatic carbocycles. The maximum atomic E-state index is 12.1. The maximum absolute atomic E-state index is 12.1. The Kier molecular flexibility index (Phi) is 6.94. The van der Waals surface area contributed by atoms with Gasteiger partial charge >= 0.3 is 5.97 Å². The van der Waals surface area contributed by atoms with E-state index in [1.54, 1.807) is 0 Å². The Morgan fingerprint density at radius 1 is 1.19 bits per heavy atom. The molecule has 0 aromatic heterocycles. The molecular weight excluding hydrogens is 311 g/mol. The summed E-state index contributed by atoms with van der Waals surface area (Å²) in [4.78, 5) is 14.5. The van der Waals surface area contributed by atoms with Crippen LogP contribution in [0.5, 0.6) is 0 Å². The largest absolute Gasteiger partial charge is 0.459 e. The highest BCUT2D eigenvalue weighted by atomic mass is 35.5. The van der Waals surface area contributed by atoms with Gasteiger partial charge in [-0.1, -0.05) is 30.3 Å². The number of rotatable bonds is 3. The van der Waals surface area contributed by atoms with Crippen LogP contribution in [0.3, 0.4) is 0 Å². The number of esters is 1. The molecule has 2 bridgehead atoms. The van der Waals surface area contributed by atoms with Crippen molar-refractivity contribution in [3.8, 4) is 0 Å². The fraction of sp³-hybridized carbons (Fsp3) is 0.533. The fourth-order valence-electron chi connectivity index (χ4n) is 3.06. The summed E-state index contributed by atoms with van der Waals surface area (Å²) in [6.07, 6.45) is 2.31. The lowest BCUT2D eigenvalue weighted by Gasteiger charge is -2.44. The van der Waals surface area contributed by atoms with E-state index in [0.29, 0.717) is 5.92 Å². The lowest BCUT2D eigenvalue weighted by Crippen LogP contribution is -2.52. The summed E-state index contributed by atoms with van der Waals surface area (Å²) >= 11 is 0. The fourth-order valence-corrected chi connectivity index (χ4v) is 3.06. The van der Waals surface area contributed by atoms with Crippen molar-refractivity contribution in [1.82, 2.24) is 4.90 Å². The molecule has 4 rings (SSSR count). The van der Waals surface area contributed by atoms with Crippen LogP contribution in [0.2, 0.25) is 0 Å². The van der Waals surface area contributed by atoms with Crippen molar-refractivity contribution < 1.29 is 9.53 Å². The van der Waals surface area contributed by atoms with Crippen molar-refractivity contribution in [1.29, 1.82) is 0 Å². The molecule has 1 aromatic rings. The van der Waals surface area contributed by atoms with Crippen LogP contribution in [0.1, 0.15) is 24.4 Å². The van der Waals surface area contributed by atoms with Crippen molar-refractivity contribution in [2.24, 2.45) is 11.7 Å². The number of piperidine rings is 3. The third-order valence-electron chi connectivity index (χ3n) is 4.28. The van der Waals surface area contributed by atoms with Gasteiger partial charge in [-0.2, -0.15) is 0 Å². The number of carbonyl (C=O) groups excluding carboxylic acids is 1. The van der Waals surface area contributed by atoms with Crippen molar-refractivity contribution >= 4 is 30.8 Å². The molecule has 1 aromatic carbocycles. The Labute approximate surface area is 137 Å². The average Bonchev–Trinajstić information content (AvgIpc) is 2.48. The van der Waals surface area contributed by atoms with Gasteiger partial charge in [0, 0.05) is 6.54 Å². The van der Waals surface area contributed by atoms with E-state index in [4.69, 9.17) is 10.5 Å². The number of fused-ring (bicyclic) bond motifs is 3. The highest BCUT2D eigenvalue weighted by Crippen LogP contribution is 2.30. The van der Waals surface area contributed by atoms with Gasteiger partial charge in [0.25, 0.3) is 0 Å². The zero-order valence-corrected chi connectivity index (χ0v) is 13.4. The maximum Gasteiger partial charge on any atom is 0.327 e. The topological polar surface area (TPSA) is 55.6 Å². The lowest BCUT2D eigenvalue weighted by molar-refractivity contribution is -0.160. The predicted octanol–water partition coefficient (Wildman–Crippen LogP) is 2.17.